The number of aromatic amines is 1. The fraction of sp³-hybridized carbons (Fsp3) is 0.364. The standard InChI is InChI=1S/C22H26N4OS/c1-22(2,3)16-8-6-15(7-9-16)21(27)23-20-18-13-26(14-19(18)24-25-20)11-10-17-5-4-12-28-17/h4-9,12H,10-11,13-14H2,1-3H3,(H2,23,24,25,27). The van der Waals surface area contributed by atoms with Crippen LogP contribution in [0.4, 0.5) is 5.82 Å². The van der Waals surface area contributed by atoms with Gasteiger partial charge in [-0.25, -0.2) is 0 Å². The van der Waals surface area contributed by atoms with E-state index < -0.39 is 0 Å². The minimum absolute atomic E-state index is 0.0740. The molecule has 3 heterocycles. The van der Waals surface area contributed by atoms with Gasteiger partial charge >= 0.3 is 0 Å². The Bertz CT molecular complexity index is 952. The highest BCUT2D eigenvalue weighted by Gasteiger charge is 2.25. The lowest BCUT2D eigenvalue weighted by Gasteiger charge is -2.19. The number of thiophene rings is 1. The van der Waals surface area contributed by atoms with Gasteiger partial charge in [0.1, 0.15) is 0 Å². The van der Waals surface area contributed by atoms with Gasteiger partial charge in [0, 0.05) is 35.6 Å². The topological polar surface area (TPSA) is 61.0 Å². The number of nitrogens with one attached hydrogen (secondary N) is 2. The Hall–Kier alpha value is -2.44. The van der Waals surface area contributed by atoms with Crippen LogP contribution in [0.15, 0.2) is 41.8 Å². The van der Waals surface area contributed by atoms with Crippen molar-refractivity contribution in [1.29, 1.82) is 0 Å². The Balaban J connectivity index is 1.39. The zero-order valence-corrected chi connectivity index (χ0v) is 17.4. The summed E-state index contributed by atoms with van der Waals surface area (Å²) < 4.78 is 0. The van der Waals surface area contributed by atoms with Crippen molar-refractivity contribution in [1.82, 2.24) is 15.1 Å². The maximum absolute atomic E-state index is 12.7. The van der Waals surface area contributed by atoms with Crippen molar-refractivity contribution >= 4 is 23.1 Å². The predicted octanol–water partition coefficient (Wildman–Crippen LogP) is 4.58. The number of carbonyl (C=O) groups is 1. The predicted molar refractivity (Wildman–Crippen MR) is 114 cm³/mol. The Morgan fingerprint density at radius 3 is 2.68 bits per heavy atom. The molecular formula is C22H26N4OS. The lowest BCUT2D eigenvalue weighted by atomic mass is 9.87. The molecule has 0 bridgehead atoms. The molecule has 0 spiro atoms. The van der Waals surface area contributed by atoms with Crippen molar-refractivity contribution < 1.29 is 4.79 Å². The molecule has 1 aliphatic heterocycles. The second-order valence-corrected chi connectivity index (χ2v) is 9.38. The highest BCUT2D eigenvalue weighted by atomic mass is 32.1. The quantitative estimate of drug-likeness (QED) is 0.666. The van der Waals surface area contributed by atoms with Gasteiger partial charge in [0.2, 0.25) is 0 Å². The van der Waals surface area contributed by atoms with E-state index in [0.717, 1.165) is 37.3 Å². The van der Waals surface area contributed by atoms with Crippen LogP contribution < -0.4 is 5.32 Å². The van der Waals surface area contributed by atoms with Crippen LogP contribution in [0.3, 0.4) is 0 Å². The molecule has 0 radical (unpaired) electrons. The van der Waals surface area contributed by atoms with E-state index in [-0.39, 0.29) is 11.3 Å². The van der Waals surface area contributed by atoms with Gasteiger partial charge in [-0.2, -0.15) is 5.10 Å². The third kappa shape index (κ3) is 4.03. The Kier molecular flexibility index (Phi) is 5.08. The first-order chi connectivity index (χ1) is 13.4. The summed E-state index contributed by atoms with van der Waals surface area (Å²) in [6, 6.07) is 12.1. The summed E-state index contributed by atoms with van der Waals surface area (Å²) >= 11 is 1.80. The first-order valence-corrected chi connectivity index (χ1v) is 10.5. The number of H-pyrrole nitrogens is 1. The van der Waals surface area contributed by atoms with E-state index in [4.69, 9.17) is 0 Å². The zero-order chi connectivity index (χ0) is 19.7. The molecular weight excluding hydrogens is 368 g/mol. The number of fused-ring (bicyclic) bond motifs is 1. The van der Waals surface area contributed by atoms with Crippen LogP contribution in [0.5, 0.6) is 0 Å². The monoisotopic (exact) mass is 394 g/mol. The number of nitrogens with zero attached hydrogens (tertiary/aromatic N) is 2. The molecule has 28 heavy (non-hydrogen) atoms. The average molecular weight is 395 g/mol. The highest BCUT2D eigenvalue weighted by Crippen LogP contribution is 2.28. The highest BCUT2D eigenvalue weighted by molar-refractivity contribution is 7.09. The van der Waals surface area contributed by atoms with Crippen LogP contribution in [0.2, 0.25) is 0 Å². The molecule has 0 saturated carbocycles. The molecule has 4 rings (SSSR count). The van der Waals surface area contributed by atoms with Crippen molar-refractivity contribution in [3.63, 3.8) is 0 Å². The summed E-state index contributed by atoms with van der Waals surface area (Å²) in [7, 11) is 0. The molecule has 5 nitrogen and oxygen atoms in total. The van der Waals surface area contributed by atoms with Gasteiger partial charge in [-0.15, -0.1) is 11.3 Å². The number of hydrogen-bond acceptors (Lipinski definition) is 4. The van der Waals surface area contributed by atoms with Crippen molar-refractivity contribution in [3.8, 4) is 0 Å². The van der Waals surface area contributed by atoms with Crippen LogP contribution in [-0.2, 0) is 24.9 Å². The Morgan fingerprint density at radius 1 is 1.21 bits per heavy atom. The summed E-state index contributed by atoms with van der Waals surface area (Å²) in [4.78, 5) is 16.4. The van der Waals surface area contributed by atoms with Gasteiger partial charge in [-0.1, -0.05) is 39.0 Å². The Morgan fingerprint density at radius 2 is 2.00 bits per heavy atom. The van der Waals surface area contributed by atoms with Crippen molar-refractivity contribution in [2.45, 2.75) is 45.7 Å². The minimum atomic E-state index is -0.119. The van der Waals surface area contributed by atoms with Gasteiger partial charge < -0.3 is 5.32 Å². The molecule has 0 unspecified atom stereocenters. The summed E-state index contributed by atoms with van der Waals surface area (Å²) in [5, 5.41) is 12.5. The Labute approximate surface area is 169 Å². The first-order valence-electron chi connectivity index (χ1n) is 9.63. The number of carbonyl (C=O) groups excluding carboxylic acids is 1. The number of anilines is 1. The zero-order valence-electron chi connectivity index (χ0n) is 16.6. The number of benzene rings is 1. The lowest BCUT2D eigenvalue weighted by Crippen LogP contribution is -2.20. The second kappa shape index (κ2) is 7.53. The normalized spacial score (nSPS) is 14.2. The lowest BCUT2D eigenvalue weighted by molar-refractivity contribution is 0.102. The van der Waals surface area contributed by atoms with Crippen LogP contribution in [-0.4, -0.2) is 27.5 Å². The van der Waals surface area contributed by atoms with Gasteiger partial charge in [0.05, 0.1) is 5.69 Å². The summed E-state index contributed by atoms with van der Waals surface area (Å²) in [5.74, 6) is 0.533. The SMILES string of the molecule is CC(C)(C)c1ccc(C(=O)Nc2n[nH]c3c2CN(CCc2cccs2)C3)cc1. The molecule has 0 saturated heterocycles. The maximum atomic E-state index is 12.7. The minimum Gasteiger partial charge on any atom is -0.305 e. The molecule has 1 amide bonds. The van der Waals surface area contributed by atoms with Gasteiger partial charge in [-0.05, 0) is 41.0 Å². The molecule has 2 aromatic heterocycles. The number of aromatic nitrogens is 2. The third-order valence-corrected chi connectivity index (χ3v) is 6.15. The summed E-state index contributed by atoms with van der Waals surface area (Å²) in [5.41, 5.74) is 4.14. The van der Waals surface area contributed by atoms with Gasteiger partial charge in [-0.3, -0.25) is 14.8 Å². The molecule has 6 heteroatoms. The fourth-order valence-electron chi connectivity index (χ4n) is 3.49. The first kappa shape index (κ1) is 18.9. The molecule has 0 atom stereocenters. The van der Waals surface area contributed by atoms with E-state index in [1.165, 1.54) is 10.4 Å². The van der Waals surface area contributed by atoms with Crippen molar-refractivity contribution in [3.05, 3.63) is 69.0 Å². The van der Waals surface area contributed by atoms with Crippen LogP contribution in [0.1, 0.15) is 52.8 Å². The van der Waals surface area contributed by atoms with E-state index in [2.05, 4.69) is 58.7 Å². The number of hydrogen-bond donors (Lipinski definition) is 2. The summed E-state index contributed by atoms with van der Waals surface area (Å²) in [6.45, 7) is 9.17. The van der Waals surface area contributed by atoms with Gasteiger partial charge in [0.25, 0.3) is 5.91 Å². The molecule has 3 aromatic rings. The second-order valence-electron chi connectivity index (χ2n) is 8.35. The largest absolute Gasteiger partial charge is 0.305 e. The van der Waals surface area contributed by atoms with Crippen molar-refractivity contribution in [2.75, 3.05) is 11.9 Å². The van der Waals surface area contributed by atoms with Crippen LogP contribution in [0, 0.1) is 0 Å². The molecule has 1 aliphatic rings. The molecule has 0 fully saturated rings. The van der Waals surface area contributed by atoms with E-state index in [9.17, 15) is 4.79 Å². The van der Waals surface area contributed by atoms with Crippen LogP contribution in [0.25, 0.3) is 0 Å². The van der Waals surface area contributed by atoms with Crippen molar-refractivity contribution in [2.24, 2.45) is 0 Å². The molecule has 0 aliphatic carbocycles. The molecule has 1 aromatic carbocycles. The number of amides is 1. The van der Waals surface area contributed by atoms with Crippen LogP contribution >= 0.6 is 11.3 Å². The van der Waals surface area contributed by atoms with Gasteiger partial charge in [0.15, 0.2) is 5.82 Å². The van der Waals surface area contributed by atoms with E-state index in [1.54, 1.807) is 11.3 Å². The van der Waals surface area contributed by atoms with E-state index in [1.807, 2.05) is 24.3 Å². The molecule has 146 valence electrons. The summed E-state index contributed by atoms with van der Waals surface area (Å²) in [6.07, 6.45) is 1.05. The number of rotatable bonds is 5. The third-order valence-electron chi connectivity index (χ3n) is 5.22. The van der Waals surface area contributed by atoms with E-state index >= 15 is 0 Å². The average Bonchev–Trinajstić information content (AvgIpc) is 3.38. The molecule has 2 N–H and O–H groups in total. The fourth-order valence-corrected chi connectivity index (χ4v) is 4.19. The smallest absolute Gasteiger partial charge is 0.256 e. The maximum Gasteiger partial charge on any atom is 0.256 e. The van der Waals surface area contributed by atoms with E-state index in [0.29, 0.717) is 11.4 Å².